The lowest BCUT2D eigenvalue weighted by molar-refractivity contribution is 0.248. The van der Waals surface area contributed by atoms with Crippen LogP contribution in [0, 0.1) is 0 Å². The van der Waals surface area contributed by atoms with Crippen molar-refractivity contribution in [3.8, 4) is 0 Å². The quantitative estimate of drug-likeness (QED) is 0.668. The van der Waals surface area contributed by atoms with Crippen LogP contribution in [-0.2, 0) is 0 Å². The van der Waals surface area contributed by atoms with Crippen molar-refractivity contribution >= 4 is 0 Å². The molecule has 0 radical (unpaired) electrons. The van der Waals surface area contributed by atoms with Crippen LogP contribution >= 0.6 is 0 Å². The third-order valence-corrected chi connectivity index (χ3v) is 1.89. The third kappa shape index (κ3) is 3.01. The molecule has 0 aliphatic carbocycles. The summed E-state index contributed by atoms with van der Waals surface area (Å²) in [6.07, 6.45) is 1.78. The molecule has 0 heterocycles. The van der Waals surface area contributed by atoms with E-state index in [2.05, 4.69) is 11.9 Å². The van der Waals surface area contributed by atoms with E-state index in [9.17, 15) is 0 Å². The minimum absolute atomic E-state index is 0.0131. The summed E-state index contributed by atoms with van der Waals surface area (Å²) in [4.78, 5) is 0. The van der Waals surface area contributed by atoms with Crippen molar-refractivity contribution in [2.75, 3.05) is 13.2 Å². The molecular weight excluding hydrogens is 162 g/mol. The lowest BCUT2D eigenvalue weighted by atomic mass is 10.1. The Morgan fingerprint density at radius 2 is 2.08 bits per heavy atom. The first-order valence-corrected chi connectivity index (χ1v) is 4.38. The van der Waals surface area contributed by atoms with Gasteiger partial charge >= 0.3 is 0 Å². The first-order chi connectivity index (χ1) is 6.38. The summed E-state index contributed by atoms with van der Waals surface area (Å²) in [7, 11) is 0. The molecule has 1 rings (SSSR count). The predicted octanol–water partition coefficient (Wildman–Crippen LogP) is 1.50. The minimum atomic E-state index is 0.0131. The summed E-state index contributed by atoms with van der Waals surface area (Å²) < 4.78 is 0. The zero-order valence-electron chi connectivity index (χ0n) is 7.61. The number of rotatable bonds is 5. The Morgan fingerprint density at radius 3 is 2.62 bits per heavy atom. The van der Waals surface area contributed by atoms with Crippen LogP contribution in [0.15, 0.2) is 43.0 Å². The van der Waals surface area contributed by atoms with Gasteiger partial charge in [-0.05, 0) is 5.56 Å². The Morgan fingerprint density at radius 1 is 1.38 bits per heavy atom. The molecule has 0 aromatic heterocycles. The Labute approximate surface area is 78.9 Å². The SMILES string of the molecule is C=CCNC(CO)c1ccccc1. The smallest absolute Gasteiger partial charge is 0.0626 e. The Hall–Kier alpha value is -1.12. The average molecular weight is 177 g/mol. The van der Waals surface area contributed by atoms with Crippen molar-refractivity contribution in [2.45, 2.75) is 6.04 Å². The van der Waals surface area contributed by atoms with Crippen LogP contribution in [0.2, 0.25) is 0 Å². The van der Waals surface area contributed by atoms with Gasteiger partial charge in [0.25, 0.3) is 0 Å². The summed E-state index contributed by atoms with van der Waals surface area (Å²) in [5, 5.41) is 12.3. The fourth-order valence-corrected chi connectivity index (χ4v) is 1.20. The van der Waals surface area contributed by atoms with Gasteiger partial charge < -0.3 is 10.4 Å². The number of aliphatic hydroxyl groups excluding tert-OH is 1. The number of nitrogens with one attached hydrogen (secondary N) is 1. The normalized spacial score (nSPS) is 12.4. The van der Waals surface area contributed by atoms with Gasteiger partial charge in [-0.2, -0.15) is 0 Å². The summed E-state index contributed by atoms with van der Waals surface area (Å²) in [6.45, 7) is 4.43. The lowest BCUT2D eigenvalue weighted by Gasteiger charge is -2.14. The average Bonchev–Trinajstić information content (AvgIpc) is 2.21. The second kappa shape index (κ2) is 5.51. The van der Waals surface area contributed by atoms with Crippen molar-refractivity contribution in [1.82, 2.24) is 5.32 Å². The highest BCUT2D eigenvalue weighted by Crippen LogP contribution is 2.10. The van der Waals surface area contributed by atoms with Gasteiger partial charge in [-0.25, -0.2) is 0 Å². The van der Waals surface area contributed by atoms with E-state index in [1.807, 2.05) is 30.3 Å². The maximum Gasteiger partial charge on any atom is 0.0626 e. The van der Waals surface area contributed by atoms with E-state index in [4.69, 9.17) is 5.11 Å². The van der Waals surface area contributed by atoms with E-state index < -0.39 is 0 Å². The van der Waals surface area contributed by atoms with Crippen LogP contribution in [0.4, 0.5) is 0 Å². The molecule has 13 heavy (non-hydrogen) atoms. The second-order valence-corrected chi connectivity index (χ2v) is 2.84. The van der Waals surface area contributed by atoms with Crippen molar-refractivity contribution in [2.24, 2.45) is 0 Å². The summed E-state index contributed by atoms with van der Waals surface area (Å²) in [5.74, 6) is 0. The highest BCUT2D eigenvalue weighted by molar-refractivity contribution is 5.18. The Kier molecular flexibility index (Phi) is 4.23. The molecule has 0 fully saturated rings. The summed E-state index contributed by atoms with van der Waals surface area (Å²) in [5.41, 5.74) is 1.10. The largest absolute Gasteiger partial charge is 0.394 e. The molecule has 2 nitrogen and oxygen atoms in total. The Bertz CT molecular complexity index is 246. The van der Waals surface area contributed by atoms with Gasteiger partial charge in [-0.15, -0.1) is 6.58 Å². The van der Waals surface area contributed by atoms with Crippen LogP contribution < -0.4 is 5.32 Å². The minimum Gasteiger partial charge on any atom is -0.394 e. The van der Waals surface area contributed by atoms with Crippen molar-refractivity contribution in [3.05, 3.63) is 48.6 Å². The van der Waals surface area contributed by atoms with Gasteiger partial charge in [0.1, 0.15) is 0 Å². The molecule has 1 aromatic carbocycles. The molecule has 2 heteroatoms. The molecule has 1 aromatic rings. The second-order valence-electron chi connectivity index (χ2n) is 2.84. The standard InChI is InChI=1S/C11H15NO/c1-2-8-12-11(9-13)10-6-4-3-5-7-10/h2-7,11-13H,1,8-9H2. The van der Waals surface area contributed by atoms with E-state index in [-0.39, 0.29) is 12.6 Å². The highest BCUT2D eigenvalue weighted by atomic mass is 16.3. The maximum absolute atomic E-state index is 9.11. The molecule has 1 atom stereocenters. The van der Waals surface area contributed by atoms with Gasteiger partial charge in [0.05, 0.1) is 12.6 Å². The van der Waals surface area contributed by atoms with E-state index in [1.165, 1.54) is 0 Å². The summed E-state index contributed by atoms with van der Waals surface area (Å²) >= 11 is 0. The summed E-state index contributed by atoms with van der Waals surface area (Å²) in [6, 6.07) is 9.90. The maximum atomic E-state index is 9.11. The number of hydrogen-bond acceptors (Lipinski definition) is 2. The van der Waals surface area contributed by atoms with E-state index in [0.29, 0.717) is 6.54 Å². The molecule has 70 valence electrons. The molecular formula is C11H15NO. The molecule has 0 amide bonds. The van der Waals surface area contributed by atoms with Crippen LogP contribution in [0.5, 0.6) is 0 Å². The molecule has 0 saturated carbocycles. The van der Waals surface area contributed by atoms with Gasteiger partial charge in [0, 0.05) is 6.54 Å². The monoisotopic (exact) mass is 177 g/mol. The van der Waals surface area contributed by atoms with Gasteiger partial charge in [-0.1, -0.05) is 36.4 Å². The lowest BCUT2D eigenvalue weighted by Crippen LogP contribution is -2.24. The fraction of sp³-hybridized carbons (Fsp3) is 0.273. The Balaban J connectivity index is 2.61. The van der Waals surface area contributed by atoms with Crippen molar-refractivity contribution in [1.29, 1.82) is 0 Å². The van der Waals surface area contributed by atoms with E-state index in [0.717, 1.165) is 5.56 Å². The first-order valence-electron chi connectivity index (χ1n) is 4.38. The topological polar surface area (TPSA) is 32.3 Å². The van der Waals surface area contributed by atoms with Crippen molar-refractivity contribution < 1.29 is 5.11 Å². The zero-order valence-corrected chi connectivity index (χ0v) is 7.61. The van der Waals surface area contributed by atoms with E-state index in [1.54, 1.807) is 6.08 Å². The molecule has 0 bridgehead atoms. The molecule has 0 aliphatic heterocycles. The van der Waals surface area contributed by atoms with E-state index >= 15 is 0 Å². The van der Waals surface area contributed by atoms with Crippen molar-refractivity contribution in [3.63, 3.8) is 0 Å². The predicted molar refractivity (Wildman–Crippen MR) is 54.5 cm³/mol. The molecule has 1 unspecified atom stereocenters. The third-order valence-electron chi connectivity index (χ3n) is 1.89. The molecule has 0 spiro atoms. The molecule has 2 N–H and O–H groups in total. The highest BCUT2D eigenvalue weighted by Gasteiger charge is 2.06. The van der Waals surface area contributed by atoms with Crippen LogP contribution in [0.3, 0.4) is 0 Å². The zero-order chi connectivity index (χ0) is 9.52. The van der Waals surface area contributed by atoms with Crippen LogP contribution in [0.25, 0.3) is 0 Å². The van der Waals surface area contributed by atoms with Crippen LogP contribution in [0.1, 0.15) is 11.6 Å². The number of benzene rings is 1. The number of aliphatic hydroxyl groups is 1. The number of hydrogen-bond donors (Lipinski definition) is 2. The van der Waals surface area contributed by atoms with Gasteiger partial charge in [0.2, 0.25) is 0 Å². The van der Waals surface area contributed by atoms with Gasteiger partial charge in [-0.3, -0.25) is 0 Å². The fourth-order valence-electron chi connectivity index (χ4n) is 1.20. The first kappa shape index (κ1) is 9.96. The van der Waals surface area contributed by atoms with Crippen LogP contribution in [-0.4, -0.2) is 18.3 Å². The van der Waals surface area contributed by atoms with Gasteiger partial charge in [0.15, 0.2) is 0 Å². The molecule has 0 aliphatic rings. The molecule has 0 saturated heterocycles.